The van der Waals surface area contributed by atoms with E-state index in [0.717, 1.165) is 18.7 Å². The Bertz CT molecular complexity index is 1370. The fourth-order valence-corrected chi connectivity index (χ4v) is 5.31. The van der Waals surface area contributed by atoms with Crippen LogP contribution in [0.3, 0.4) is 0 Å². The third-order valence-electron chi connectivity index (χ3n) is 7.26. The molecule has 0 aliphatic carbocycles. The molecule has 2 bridgehead atoms. The molecule has 0 radical (unpaired) electrons. The maximum absolute atomic E-state index is 15.0. The van der Waals surface area contributed by atoms with Crippen LogP contribution in [0.2, 0.25) is 0 Å². The number of pyridine rings is 1. The van der Waals surface area contributed by atoms with Crippen LogP contribution >= 0.6 is 0 Å². The van der Waals surface area contributed by atoms with Crippen molar-refractivity contribution < 1.29 is 23.0 Å². The van der Waals surface area contributed by atoms with Crippen LogP contribution in [0.4, 0.5) is 26.1 Å². The first-order valence-corrected chi connectivity index (χ1v) is 12.3. The smallest absolute Gasteiger partial charge is 0.246 e. The van der Waals surface area contributed by atoms with E-state index >= 15 is 0 Å². The second-order valence-corrected chi connectivity index (χ2v) is 9.55. The van der Waals surface area contributed by atoms with E-state index in [1.165, 1.54) is 24.5 Å². The quantitative estimate of drug-likeness (QED) is 0.486. The largest absolute Gasteiger partial charge is 0.490 e. The van der Waals surface area contributed by atoms with Crippen molar-refractivity contribution in [1.29, 1.82) is 0 Å². The molecular formula is C26H26F2N6O3. The Hall–Kier alpha value is -3.86. The van der Waals surface area contributed by atoms with Gasteiger partial charge < -0.3 is 24.6 Å². The number of halogens is 2. The van der Waals surface area contributed by atoms with Crippen LogP contribution in [-0.2, 0) is 9.53 Å². The van der Waals surface area contributed by atoms with Crippen molar-refractivity contribution in [3.05, 3.63) is 54.9 Å². The average Bonchev–Trinajstić information content (AvgIpc) is 3.68. The number of hydrogen-bond donors (Lipinski definition) is 1. The highest BCUT2D eigenvalue weighted by Gasteiger charge is 2.45. The topological polar surface area (TPSA) is 92.7 Å². The molecule has 3 aliphatic rings. The summed E-state index contributed by atoms with van der Waals surface area (Å²) >= 11 is 0. The monoisotopic (exact) mass is 508 g/mol. The van der Waals surface area contributed by atoms with Crippen molar-refractivity contribution in [2.45, 2.75) is 24.9 Å². The zero-order valence-corrected chi connectivity index (χ0v) is 20.1. The highest BCUT2D eigenvalue weighted by atomic mass is 19.2. The predicted octanol–water partition coefficient (Wildman–Crippen LogP) is 3.44. The van der Waals surface area contributed by atoms with Gasteiger partial charge in [0.25, 0.3) is 0 Å². The average molecular weight is 509 g/mol. The Morgan fingerprint density at radius 3 is 2.84 bits per heavy atom. The van der Waals surface area contributed by atoms with Crippen LogP contribution < -0.4 is 15.0 Å². The van der Waals surface area contributed by atoms with Gasteiger partial charge in [0.2, 0.25) is 11.7 Å². The second kappa shape index (κ2) is 9.55. The van der Waals surface area contributed by atoms with E-state index in [1.807, 2.05) is 17.0 Å². The molecule has 3 atom stereocenters. The van der Waals surface area contributed by atoms with E-state index in [-0.39, 0.29) is 47.8 Å². The van der Waals surface area contributed by atoms with Crippen LogP contribution in [-0.4, -0.2) is 70.8 Å². The highest BCUT2D eigenvalue weighted by molar-refractivity contribution is 5.89. The minimum Gasteiger partial charge on any atom is -0.490 e. The van der Waals surface area contributed by atoms with Crippen LogP contribution in [0.15, 0.2) is 43.2 Å². The van der Waals surface area contributed by atoms with Gasteiger partial charge >= 0.3 is 0 Å². The van der Waals surface area contributed by atoms with Crippen LogP contribution in [0.5, 0.6) is 5.75 Å². The molecule has 0 saturated carbocycles. The first-order chi connectivity index (χ1) is 18.0. The predicted molar refractivity (Wildman–Crippen MR) is 133 cm³/mol. The summed E-state index contributed by atoms with van der Waals surface area (Å²) in [6.07, 6.45) is 4.39. The summed E-state index contributed by atoms with van der Waals surface area (Å²) in [7, 11) is 0. The van der Waals surface area contributed by atoms with Crippen molar-refractivity contribution in [3.63, 3.8) is 0 Å². The molecule has 6 rings (SSSR count). The zero-order chi connectivity index (χ0) is 25.5. The maximum atomic E-state index is 15.0. The summed E-state index contributed by atoms with van der Waals surface area (Å²) in [6.45, 7) is 6.34. The van der Waals surface area contributed by atoms with E-state index < -0.39 is 11.6 Å². The van der Waals surface area contributed by atoms with Crippen LogP contribution in [0.1, 0.15) is 12.8 Å². The summed E-state index contributed by atoms with van der Waals surface area (Å²) in [5.41, 5.74) is 0.914. The van der Waals surface area contributed by atoms with E-state index in [4.69, 9.17) is 14.5 Å². The van der Waals surface area contributed by atoms with Crippen molar-refractivity contribution in [2.24, 2.45) is 5.92 Å². The third-order valence-corrected chi connectivity index (χ3v) is 7.26. The molecule has 192 valence electrons. The minimum absolute atomic E-state index is 0.0586. The minimum atomic E-state index is -1.07. The first kappa shape index (κ1) is 23.5. The highest BCUT2D eigenvalue weighted by Crippen LogP contribution is 2.35. The van der Waals surface area contributed by atoms with E-state index in [2.05, 4.69) is 26.8 Å². The number of amides is 1. The van der Waals surface area contributed by atoms with E-state index in [1.54, 1.807) is 0 Å². The van der Waals surface area contributed by atoms with Crippen LogP contribution in [0.25, 0.3) is 11.0 Å². The van der Waals surface area contributed by atoms with Gasteiger partial charge in [0, 0.05) is 25.6 Å². The molecule has 3 aromatic rings. The molecule has 3 fully saturated rings. The summed E-state index contributed by atoms with van der Waals surface area (Å²) in [5, 5.41) is 2.88. The second-order valence-electron chi connectivity index (χ2n) is 9.55. The number of aromatic nitrogens is 3. The molecule has 1 amide bonds. The molecule has 3 aliphatic heterocycles. The van der Waals surface area contributed by atoms with Crippen molar-refractivity contribution in [1.82, 2.24) is 19.9 Å². The van der Waals surface area contributed by atoms with Crippen molar-refractivity contribution >= 4 is 34.3 Å². The third kappa shape index (κ3) is 4.33. The lowest BCUT2D eigenvalue weighted by molar-refractivity contribution is -0.127. The molecule has 11 heteroatoms. The van der Waals surface area contributed by atoms with Crippen LogP contribution in [0, 0.1) is 17.6 Å². The summed E-state index contributed by atoms with van der Waals surface area (Å²) in [4.78, 5) is 29.4. The summed E-state index contributed by atoms with van der Waals surface area (Å²) in [5.74, 6) is -1.18. The molecular weight excluding hydrogens is 482 g/mol. The number of nitrogens with one attached hydrogen (secondary N) is 1. The SMILES string of the molecule is C=CC(=O)N1C[C@@H]2C[C@H]1CN2c1ccc2ncnc(Nc3ccc(OC[C@H]4CCOC4)c(F)c3F)c2n1. The number of fused-ring (bicyclic) bond motifs is 3. The van der Waals surface area contributed by atoms with E-state index in [0.29, 0.717) is 37.3 Å². The van der Waals surface area contributed by atoms with Gasteiger partial charge in [-0.1, -0.05) is 6.58 Å². The lowest BCUT2D eigenvalue weighted by atomic mass is 10.1. The van der Waals surface area contributed by atoms with Crippen molar-refractivity contribution in [2.75, 3.05) is 43.1 Å². The number of carbonyl (C=O) groups is 1. The number of piperazine rings is 1. The fourth-order valence-electron chi connectivity index (χ4n) is 5.31. The Balaban J connectivity index is 1.23. The molecule has 1 N–H and O–H groups in total. The van der Waals surface area contributed by atoms with Gasteiger partial charge in [-0.2, -0.15) is 4.39 Å². The molecule has 37 heavy (non-hydrogen) atoms. The number of rotatable bonds is 7. The Kier molecular flexibility index (Phi) is 6.07. The van der Waals surface area contributed by atoms with Gasteiger partial charge in [-0.25, -0.2) is 19.3 Å². The van der Waals surface area contributed by atoms with Crippen molar-refractivity contribution in [3.8, 4) is 5.75 Å². The molecule has 5 heterocycles. The van der Waals surface area contributed by atoms with Gasteiger partial charge in [-0.05, 0) is 43.2 Å². The van der Waals surface area contributed by atoms with Gasteiger partial charge in [0.15, 0.2) is 17.4 Å². The van der Waals surface area contributed by atoms with E-state index in [9.17, 15) is 13.6 Å². The Morgan fingerprint density at radius 1 is 1.19 bits per heavy atom. The summed E-state index contributed by atoms with van der Waals surface area (Å²) in [6, 6.07) is 6.77. The molecule has 0 spiro atoms. The molecule has 1 aromatic carbocycles. The molecule has 9 nitrogen and oxygen atoms in total. The lowest BCUT2D eigenvalue weighted by Gasteiger charge is -2.34. The number of ether oxygens (including phenoxy) is 2. The van der Waals surface area contributed by atoms with Gasteiger partial charge in [0.1, 0.15) is 17.7 Å². The Labute approximate surface area is 212 Å². The number of benzene rings is 1. The maximum Gasteiger partial charge on any atom is 0.246 e. The fraction of sp³-hybridized carbons (Fsp3) is 0.385. The number of carbonyl (C=O) groups excluding carboxylic acids is 1. The molecule has 0 unspecified atom stereocenters. The standard InChI is InChI=1S/C26H26F2N6O3/c1-2-22(35)34-11-16-9-17(34)10-33(16)21-6-4-19-25(32-21)26(30-14-29-19)31-18-3-5-20(24(28)23(18)27)37-13-15-7-8-36-12-15/h2-6,14-17H,1,7-13H2,(H,29,30,31)/t15-,16-,17-/m0/s1. The summed E-state index contributed by atoms with van der Waals surface area (Å²) < 4.78 is 40.5. The van der Waals surface area contributed by atoms with Gasteiger partial charge in [0.05, 0.1) is 36.5 Å². The number of nitrogens with zero attached hydrogens (tertiary/aromatic N) is 5. The number of likely N-dealkylation sites (tertiary alicyclic amines) is 1. The zero-order valence-electron chi connectivity index (χ0n) is 20.1. The molecule has 3 saturated heterocycles. The normalized spacial score (nSPS) is 22.6. The molecule has 2 aromatic heterocycles. The number of anilines is 3. The Morgan fingerprint density at radius 2 is 2.08 bits per heavy atom. The lowest BCUT2D eigenvalue weighted by Crippen LogP contribution is -2.48. The number of hydrogen-bond acceptors (Lipinski definition) is 8. The van der Waals surface area contributed by atoms with Gasteiger partial charge in [-0.15, -0.1) is 0 Å². The first-order valence-electron chi connectivity index (χ1n) is 12.3. The van der Waals surface area contributed by atoms with Gasteiger partial charge in [-0.3, -0.25) is 4.79 Å².